The highest BCUT2D eigenvalue weighted by Crippen LogP contribution is 2.21. The lowest BCUT2D eigenvalue weighted by molar-refractivity contribution is 0.234. The zero-order valence-corrected chi connectivity index (χ0v) is 13.8. The van der Waals surface area contributed by atoms with Crippen LogP contribution in [-0.2, 0) is 6.54 Å². The number of amides is 2. The number of urea groups is 1. The first-order valence-corrected chi connectivity index (χ1v) is 8.56. The predicted molar refractivity (Wildman–Crippen MR) is 89.5 cm³/mol. The minimum absolute atomic E-state index is 0.144. The fourth-order valence-corrected chi connectivity index (χ4v) is 3.29. The third-order valence-corrected chi connectivity index (χ3v) is 4.62. The van der Waals surface area contributed by atoms with E-state index in [0.717, 1.165) is 36.8 Å². The van der Waals surface area contributed by atoms with Crippen LogP contribution in [0.25, 0.3) is 0 Å². The molecule has 7 nitrogen and oxygen atoms in total. The second-order valence-electron chi connectivity index (χ2n) is 5.50. The first-order valence-electron chi connectivity index (χ1n) is 7.68. The van der Waals surface area contributed by atoms with E-state index < -0.39 is 0 Å². The number of aromatic nitrogens is 3. The highest BCUT2D eigenvalue weighted by Gasteiger charge is 2.21. The molecule has 0 aliphatic carbocycles. The quantitative estimate of drug-likeness (QED) is 0.890. The van der Waals surface area contributed by atoms with Crippen LogP contribution in [0, 0.1) is 6.92 Å². The Hall–Kier alpha value is -2.22. The van der Waals surface area contributed by atoms with Gasteiger partial charge in [0.1, 0.15) is 5.82 Å². The van der Waals surface area contributed by atoms with Crippen molar-refractivity contribution in [1.29, 1.82) is 0 Å². The van der Waals surface area contributed by atoms with Crippen molar-refractivity contribution in [2.75, 3.05) is 18.0 Å². The number of thiazole rings is 1. The van der Waals surface area contributed by atoms with Crippen molar-refractivity contribution < 1.29 is 4.79 Å². The molecular formula is C15H20N6OS. The lowest BCUT2D eigenvalue weighted by Crippen LogP contribution is -2.47. The Morgan fingerprint density at radius 1 is 1.35 bits per heavy atom. The van der Waals surface area contributed by atoms with Gasteiger partial charge in [0.2, 0.25) is 0 Å². The fourth-order valence-electron chi connectivity index (χ4n) is 2.60. The maximum atomic E-state index is 12.0. The van der Waals surface area contributed by atoms with Crippen molar-refractivity contribution in [3.05, 3.63) is 35.4 Å². The Labute approximate surface area is 139 Å². The molecule has 2 aromatic rings. The number of rotatable bonds is 4. The van der Waals surface area contributed by atoms with Gasteiger partial charge in [0.05, 0.1) is 12.2 Å². The lowest BCUT2D eigenvalue weighted by atomic mass is 10.1. The highest BCUT2D eigenvalue weighted by atomic mass is 32.1. The Kier molecular flexibility index (Phi) is 5.02. The Balaban J connectivity index is 1.41. The van der Waals surface area contributed by atoms with Gasteiger partial charge >= 0.3 is 6.03 Å². The molecule has 0 unspecified atom stereocenters. The molecule has 2 aromatic heterocycles. The minimum Gasteiger partial charge on any atom is -0.348 e. The number of carbonyl (C=O) groups excluding carboxylic acids is 1. The van der Waals surface area contributed by atoms with Gasteiger partial charge in [0, 0.05) is 36.9 Å². The Morgan fingerprint density at radius 2 is 2.17 bits per heavy atom. The monoisotopic (exact) mass is 332 g/mol. The van der Waals surface area contributed by atoms with Gasteiger partial charge in [-0.2, -0.15) is 0 Å². The van der Waals surface area contributed by atoms with Gasteiger partial charge in [0.25, 0.3) is 0 Å². The zero-order valence-electron chi connectivity index (χ0n) is 13.0. The van der Waals surface area contributed by atoms with Crippen molar-refractivity contribution in [2.45, 2.75) is 32.4 Å². The fraction of sp³-hybridized carbons (Fsp3) is 0.467. The van der Waals surface area contributed by atoms with Gasteiger partial charge < -0.3 is 15.5 Å². The van der Waals surface area contributed by atoms with E-state index in [1.165, 1.54) is 0 Å². The van der Waals surface area contributed by atoms with Gasteiger partial charge in [-0.15, -0.1) is 11.3 Å². The molecule has 0 saturated carbocycles. The molecule has 0 radical (unpaired) electrons. The molecule has 2 N–H and O–H groups in total. The van der Waals surface area contributed by atoms with Crippen molar-refractivity contribution >= 4 is 22.5 Å². The summed E-state index contributed by atoms with van der Waals surface area (Å²) in [5, 5.41) is 8.93. The summed E-state index contributed by atoms with van der Waals surface area (Å²) in [6.07, 6.45) is 5.39. The van der Waals surface area contributed by atoms with Crippen LogP contribution in [-0.4, -0.2) is 40.1 Å². The van der Waals surface area contributed by atoms with Gasteiger partial charge in [-0.1, -0.05) is 0 Å². The van der Waals surface area contributed by atoms with Crippen LogP contribution in [0.3, 0.4) is 0 Å². The zero-order chi connectivity index (χ0) is 16.1. The number of aryl methyl sites for hydroxylation is 1. The van der Waals surface area contributed by atoms with Crippen LogP contribution in [0.2, 0.25) is 0 Å². The van der Waals surface area contributed by atoms with Gasteiger partial charge in [-0.05, 0) is 25.8 Å². The molecule has 0 spiro atoms. The van der Waals surface area contributed by atoms with E-state index in [9.17, 15) is 4.79 Å². The summed E-state index contributed by atoms with van der Waals surface area (Å²) in [5.41, 5.74) is 0.811. The molecular weight excluding hydrogens is 312 g/mol. The number of nitrogens with zero attached hydrogens (tertiary/aromatic N) is 4. The molecule has 0 bridgehead atoms. The molecule has 1 aliphatic heterocycles. The molecule has 0 atom stereocenters. The number of hydrogen-bond donors (Lipinski definition) is 2. The van der Waals surface area contributed by atoms with Crippen LogP contribution >= 0.6 is 11.3 Å². The normalized spacial score (nSPS) is 15.4. The third kappa shape index (κ3) is 4.38. The molecule has 122 valence electrons. The van der Waals surface area contributed by atoms with Crippen LogP contribution in [0.15, 0.2) is 23.8 Å². The van der Waals surface area contributed by atoms with E-state index in [2.05, 4.69) is 30.5 Å². The average Bonchev–Trinajstić information content (AvgIpc) is 3.08. The molecule has 23 heavy (non-hydrogen) atoms. The van der Waals surface area contributed by atoms with Gasteiger partial charge in [-0.3, -0.25) is 0 Å². The van der Waals surface area contributed by atoms with Gasteiger partial charge in [-0.25, -0.2) is 19.7 Å². The molecule has 8 heteroatoms. The molecule has 1 aliphatic rings. The summed E-state index contributed by atoms with van der Waals surface area (Å²) < 4.78 is 0. The summed E-state index contributed by atoms with van der Waals surface area (Å²) >= 11 is 1.65. The molecule has 0 aromatic carbocycles. The summed E-state index contributed by atoms with van der Waals surface area (Å²) in [4.78, 5) is 26.9. The first kappa shape index (κ1) is 15.7. The number of carbonyl (C=O) groups is 1. The average molecular weight is 332 g/mol. The van der Waals surface area contributed by atoms with Crippen LogP contribution < -0.4 is 15.5 Å². The maximum Gasteiger partial charge on any atom is 0.315 e. The van der Waals surface area contributed by atoms with Crippen LogP contribution in [0.5, 0.6) is 0 Å². The van der Waals surface area contributed by atoms with E-state index in [1.54, 1.807) is 23.6 Å². The minimum atomic E-state index is -0.144. The smallest absolute Gasteiger partial charge is 0.315 e. The van der Waals surface area contributed by atoms with Crippen molar-refractivity contribution in [1.82, 2.24) is 25.6 Å². The number of nitrogens with one attached hydrogen (secondary N) is 2. The maximum absolute atomic E-state index is 12.0. The second kappa shape index (κ2) is 7.36. The number of piperidine rings is 1. The van der Waals surface area contributed by atoms with Crippen molar-refractivity contribution in [3.63, 3.8) is 0 Å². The Bertz CT molecular complexity index is 639. The van der Waals surface area contributed by atoms with Crippen molar-refractivity contribution in [3.8, 4) is 0 Å². The van der Waals surface area contributed by atoms with Crippen molar-refractivity contribution in [2.24, 2.45) is 0 Å². The highest BCUT2D eigenvalue weighted by molar-refractivity contribution is 7.13. The van der Waals surface area contributed by atoms with Gasteiger partial charge in [0.15, 0.2) is 5.13 Å². The largest absolute Gasteiger partial charge is 0.348 e. The van der Waals surface area contributed by atoms with E-state index in [1.807, 2.05) is 18.5 Å². The topological polar surface area (TPSA) is 83.0 Å². The molecule has 2 amide bonds. The molecule has 3 heterocycles. The summed E-state index contributed by atoms with van der Waals surface area (Å²) in [6.45, 7) is 4.08. The summed E-state index contributed by atoms with van der Waals surface area (Å²) in [6, 6.07) is 1.87. The second-order valence-corrected chi connectivity index (χ2v) is 6.37. The molecule has 1 fully saturated rings. The standard InChI is InChI=1S/C15H20N6OS/c1-11-16-5-2-13(19-11)10-18-14(22)20-12-3-7-21(8-4-12)15-17-6-9-23-15/h2,5-6,9,12H,3-4,7-8,10H2,1H3,(H2,18,20,22). The molecule has 1 saturated heterocycles. The summed E-state index contributed by atoms with van der Waals surface area (Å²) in [7, 11) is 0. The molecule has 3 rings (SSSR count). The number of anilines is 1. The lowest BCUT2D eigenvalue weighted by Gasteiger charge is -2.32. The number of hydrogen-bond acceptors (Lipinski definition) is 6. The van der Waals surface area contributed by atoms with E-state index >= 15 is 0 Å². The van der Waals surface area contributed by atoms with Crippen LogP contribution in [0.1, 0.15) is 24.4 Å². The van der Waals surface area contributed by atoms with E-state index in [-0.39, 0.29) is 12.1 Å². The predicted octanol–water partition coefficient (Wildman–Crippen LogP) is 1.71. The van der Waals surface area contributed by atoms with E-state index in [4.69, 9.17) is 0 Å². The Morgan fingerprint density at radius 3 is 2.87 bits per heavy atom. The first-order chi connectivity index (χ1) is 11.2. The summed E-state index contributed by atoms with van der Waals surface area (Å²) in [5.74, 6) is 0.708. The van der Waals surface area contributed by atoms with Crippen LogP contribution in [0.4, 0.5) is 9.93 Å². The third-order valence-electron chi connectivity index (χ3n) is 3.78. The van der Waals surface area contributed by atoms with E-state index in [0.29, 0.717) is 12.4 Å². The SMILES string of the molecule is Cc1nccc(CNC(=O)NC2CCN(c3nccs3)CC2)n1.